The first-order valence-electron chi connectivity index (χ1n) is 3.19. The molecule has 0 amide bonds. The van der Waals surface area contributed by atoms with Gasteiger partial charge in [-0.3, -0.25) is 0 Å². The van der Waals surface area contributed by atoms with Gasteiger partial charge in [0.1, 0.15) is 5.76 Å². The lowest BCUT2D eigenvalue weighted by Crippen LogP contribution is -2.37. The zero-order chi connectivity index (χ0) is 9.41. The lowest BCUT2D eigenvalue weighted by Gasteiger charge is -2.25. The van der Waals surface area contributed by atoms with Crippen LogP contribution in [-0.2, 0) is 5.60 Å². The van der Waals surface area contributed by atoms with Gasteiger partial charge >= 0.3 is 4.83 Å². The fourth-order valence-corrected chi connectivity index (χ4v) is 0.891. The molecule has 1 aromatic heterocycles. The third-order valence-electron chi connectivity index (χ3n) is 1.55. The molecule has 1 heterocycles. The summed E-state index contributed by atoms with van der Waals surface area (Å²) in [5.74, 6) is -0.177. The van der Waals surface area contributed by atoms with Crippen LogP contribution in [0, 0.1) is 0 Å². The van der Waals surface area contributed by atoms with Gasteiger partial charge in [0.15, 0.2) is 5.60 Å². The van der Waals surface area contributed by atoms with Crippen molar-refractivity contribution in [1.82, 2.24) is 0 Å². The minimum Gasteiger partial charge on any atom is -0.466 e. The molecule has 0 saturated heterocycles. The molecule has 0 aliphatic rings. The van der Waals surface area contributed by atoms with E-state index in [0.717, 1.165) is 6.92 Å². The summed E-state index contributed by atoms with van der Waals surface area (Å²) in [5, 5.41) is 9.32. The first kappa shape index (κ1) is 9.67. The average Bonchev–Trinajstić information content (AvgIpc) is 2.34. The van der Waals surface area contributed by atoms with Crippen LogP contribution >= 0.6 is 15.9 Å². The van der Waals surface area contributed by atoms with Crippen LogP contribution in [0.15, 0.2) is 22.8 Å². The van der Waals surface area contributed by atoms with Gasteiger partial charge in [0, 0.05) is 0 Å². The molecule has 5 heteroatoms. The normalized spacial score (nSPS) is 17.4. The summed E-state index contributed by atoms with van der Waals surface area (Å²) < 4.78 is 30.0. The van der Waals surface area contributed by atoms with Crippen molar-refractivity contribution in [2.75, 3.05) is 0 Å². The van der Waals surface area contributed by atoms with Crippen LogP contribution in [0.1, 0.15) is 12.7 Å². The second kappa shape index (κ2) is 2.81. The Morgan fingerprint density at radius 1 is 1.58 bits per heavy atom. The van der Waals surface area contributed by atoms with E-state index in [0.29, 0.717) is 0 Å². The standard InChI is InChI=1S/C7H7BrF2O2/c1-6(11,7(8,9)10)5-3-2-4-12-5/h2-4,11H,1H3. The van der Waals surface area contributed by atoms with Gasteiger partial charge in [0.2, 0.25) is 0 Å². The monoisotopic (exact) mass is 240 g/mol. The molecular weight excluding hydrogens is 234 g/mol. The van der Waals surface area contributed by atoms with E-state index in [9.17, 15) is 13.9 Å². The van der Waals surface area contributed by atoms with E-state index in [-0.39, 0.29) is 5.76 Å². The molecule has 1 aromatic rings. The van der Waals surface area contributed by atoms with Crippen LogP contribution in [0.25, 0.3) is 0 Å². The van der Waals surface area contributed by atoms with Crippen LogP contribution in [-0.4, -0.2) is 9.94 Å². The number of furan rings is 1. The van der Waals surface area contributed by atoms with Crippen molar-refractivity contribution in [3.8, 4) is 0 Å². The van der Waals surface area contributed by atoms with Crippen LogP contribution in [0.3, 0.4) is 0 Å². The highest BCUT2D eigenvalue weighted by Gasteiger charge is 2.50. The Morgan fingerprint density at radius 2 is 2.17 bits per heavy atom. The Hall–Kier alpha value is -0.420. The third-order valence-corrected chi connectivity index (χ3v) is 2.33. The van der Waals surface area contributed by atoms with Crippen LogP contribution in [0.2, 0.25) is 0 Å². The van der Waals surface area contributed by atoms with Gasteiger partial charge in [0.25, 0.3) is 0 Å². The smallest absolute Gasteiger partial charge is 0.336 e. The predicted octanol–water partition coefficient (Wildman–Crippen LogP) is 2.47. The lowest BCUT2D eigenvalue weighted by molar-refractivity contribution is -0.120. The Labute approximate surface area is 76.3 Å². The largest absolute Gasteiger partial charge is 0.466 e. The van der Waals surface area contributed by atoms with Crippen molar-refractivity contribution in [3.63, 3.8) is 0 Å². The van der Waals surface area contributed by atoms with E-state index >= 15 is 0 Å². The topological polar surface area (TPSA) is 33.4 Å². The number of halogens is 3. The molecule has 1 N–H and O–H groups in total. The average molecular weight is 241 g/mol. The number of rotatable bonds is 2. The van der Waals surface area contributed by atoms with E-state index in [4.69, 9.17) is 0 Å². The molecule has 0 fully saturated rings. The molecule has 2 nitrogen and oxygen atoms in total. The second-order valence-electron chi connectivity index (χ2n) is 2.55. The van der Waals surface area contributed by atoms with Gasteiger partial charge in [-0.1, -0.05) is 0 Å². The summed E-state index contributed by atoms with van der Waals surface area (Å²) in [6, 6.07) is 2.72. The molecule has 68 valence electrons. The zero-order valence-corrected chi connectivity index (χ0v) is 7.81. The summed E-state index contributed by atoms with van der Waals surface area (Å²) >= 11 is 2.08. The van der Waals surface area contributed by atoms with Crippen molar-refractivity contribution in [2.45, 2.75) is 17.4 Å². The molecule has 1 atom stereocenters. The quantitative estimate of drug-likeness (QED) is 0.807. The Bertz CT molecular complexity index is 251. The van der Waals surface area contributed by atoms with Gasteiger partial charge in [-0.15, -0.1) is 0 Å². The molecule has 0 aliphatic carbocycles. The predicted molar refractivity (Wildman–Crippen MR) is 42.2 cm³/mol. The highest BCUT2D eigenvalue weighted by Crippen LogP contribution is 2.41. The SMILES string of the molecule is CC(O)(c1ccco1)C(F)(F)Br. The van der Waals surface area contributed by atoms with Crippen molar-refractivity contribution < 1.29 is 18.3 Å². The fourth-order valence-electron chi connectivity index (χ4n) is 0.695. The molecule has 0 radical (unpaired) electrons. The van der Waals surface area contributed by atoms with Gasteiger partial charge in [-0.25, -0.2) is 0 Å². The zero-order valence-electron chi connectivity index (χ0n) is 6.22. The van der Waals surface area contributed by atoms with Crippen molar-refractivity contribution in [3.05, 3.63) is 24.2 Å². The Morgan fingerprint density at radius 3 is 2.50 bits per heavy atom. The van der Waals surface area contributed by atoms with Crippen LogP contribution < -0.4 is 0 Å². The van der Waals surface area contributed by atoms with Crippen molar-refractivity contribution >= 4 is 15.9 Å². The maximum atomic E-state index is 12.7. The summed E-state index contributed by atoms with van der Waals surface area (Å²) in [7, 11) is 0. The Kier molecular flexibility index (Phi) is 2.27. The Balaban J connectivity index is 3.02. The summed E-state index contributed by atoms with van der Waals surface area (Å²) in [6.45, 7) is 0.973. The van der Waals surface area contributed by atoms with Crippen molar-refractivity contribution in [1.29, 1.82) is 0 Å². The molecule has 0 aliphatic heterocycles. The van der Waals surface area contributed by atoms with E-state index in [2.05, 4.69) is 20.3 Å². The van der Waals surface area contributed by atoms with Gasteiger partial charge < -0.3 is 9.52 Å². The van der Waals surface area contributed by atoms with Gasteiger partial charge in [-0.05, 0) is 35.0 Å². The van der Waals surface area contributed by atoms with Crippen LogP contribution in [0.5, 0.6) is 0 Å². The number of hydrogen-bond donors (Lipinski definition) is 1. The van der Waals surface area contributed by atoms with E-state index < -0.39 is 10.4 Å². The van der Waals surface area contributed by atoms with E-state index in [1.165, 1.54) is 18.4 Å². The number of alkyl halides is 3. The molecule has 0 bridgehead atoms. The molecule has 0 spiro atoms. The highest BCUT2D eigenvalue weighted by molar-refractivity contribution is 9.10. The first-order valence-corrected chi connectivity index (χ1v) is 3.98. The number of hydrogen-bond acceptors (Lipinski definition) is 2. The third kappa shape index (κ3) is 1.51. The van der Waals surface area contributed by atoms with Gasteiger partial charge in [-0.2, -0.15) is 8.78 Å². The maximum Gasteiger partial charge on any atom is 0.336 e. The first-order chi connectivity index (χ1) is 5.36. The van der Waals surface area contributed by atoms with Crippen molar-refractivity contribution in [2.24, 2.45) is 0 Å². The minimum absolute atomic E-state index is 0.177. The molecule has 1 unspecified atom stereocenters. The molecular formula is C7H7BrF2O2. The van der Waals surface area contributed by atoms with E-state index in [1.54, 1.807) is 0 Å². The number of aliphatic hydroxyl groups is 1. The van der Waals surface area contributed by atoms with Gasteiger partial charge in [0.05, 0.1) is 6.26 Å². The molecule has 0 aromatic carbocycles. The van der Waals surface area contributed by atoms with Crippen LogP contribution in [0.4, 0.5) is 8.78 Å². The summed E-state index contributed by atoms with van der Waals surface area (Å²) in [5.41, 5.74) is -2.32. The minimum atomic E-state index is -3.40. The summed E-state index contributed by atoms with van der Waals surface area (Å²) in [4.78, 5) is -3.40. The molecule has 1 rings (SSSR count). The second-order valence-corrected chi connectivity index (χ2v) is 3.54. The highest BCUT2D eigenvalue weighted by atomic mass is 79.9. The fraction of sp³-hybridized carbons (Fsp3) is 0.429. The molecule has 12 heavy (non-hydrogen) atoms. The molecule has 0 saturated carbocycles. The summed E-state index contributed by atoms with van der Waals surface area (Å²) in [6.07, 6.45) is 1.22. The van der Waals surface area contributed by atoms with E-state index in [1.807, 2.05) is 0 Å². The maximum absolute atomic E-state index is 12.7. The lowest BCUT2D eigenvalue weighted by atomic mass is 10.1.